The summed E-state index contributed by atoms with van der Waals surface area (Å²) in [4.78, 5) is 29.0. The van der Waals surface area contributed by atoms with Crippen LogP contribution >= 0.6 is 35.0 Å². The lowest BCUT2D eigenvalue weighted by atomic mass is 9.65. The fourth-order valence-electron chi connectivity index (χ4n) is 6.44. The molecule has 3 aliphatic rings. The Morgan fingerprint density at radius 1 is 1.06 bits per heavy atom. The molecule has 1 saturated carbocycles. The summed E-state index contributed by atoms with van der Waals surface area (Å²) in [5.74, 6) is 1.34. The van der Waals surface area contributed by atoms with Crippen LogP contribution in [0.1, 0.15) is 40.0 Å². The third kappa shape index (κ3) is 5.67. The van der Waals surface area contributed by atoms with E-state index in [0.29, 0.717) is 27.5 Å². The minimum atomic E-state index is 0.182. The highest BCUT2D eigenvalue weighted by molar-refractivity contribution is 7.99. The average molecular weight is 535 g/mol. The SMILES string of the molecule is CC1(C)CC2CC(C)(CN2C(=O)CSc2nc(Cl)cc(N3CCN(c4cccc(Cl)c4)CC3)n2)C1. The number of anilines is 2. The van der Waals surface area contributed by atoms with Crippen LogP contribution in [0.25, 0.3) is 0 Å². The van der Waals surface area contributed by atoms with Gasteiger partial charge >= 0.3 is 0 Å². The molecule has 1 amide bonds. The number of carbonyl (C=O) groups excluding carboxylic acids is 1. The standard InChI is InChI=1S/C26H33Cl2N5OS/c1-25(2)13-20-14-26(3,16-25)17-33(20)23(34)15-35-24-29-21(28)12-22(30-24)32-9-7-31(8-10-32)19-6-4-5-18(27)11-19/h4-6,11-12,20H,7-10,13-17H2,1-3H3. The fourth-order valence-corrected chi connectivity index (χ4v) is 7.59. The lowest BCUT2D eigenvalue weighted by Crippen LogP contribution is -2.46. The molecule has 0 spiro atoms. The van der Waals surface area contributed by atoms with Gasteiger partial charge in [-0.25, -0.2) is 9.97 Å². The molecule has 3 heterocycles. The van der Waals surface area contributed by atoms with Crippen molar-refractivity contribution in [1.82, 2.24) is 14.9 Å². The molecule has 3 fully saturated rings. The molecular weight excluding hydrogens is 501 g/mol. The maximum Gasteiger partial charge on any atom is 0.233 e. The molecule has 2 bridgehead atoms. The predicted octanol–water partition coefficient (Wildman–Crippen LogP) is 5.63. The van der Waals surface area contributed by atoms with Crippen LogP contribution in [0.15, 0.2) is 35.5 Å². The lowest BCUT2D eigenvalue weighted by Gasteiger charge is -2.39. The van der Waals surface area contributed by atoms with Crippen LogP contribution in [0.3, 0.4) is 0 Å². The highest BCUT2D eigenvalue weighted by Gasteiger charge is 2.50. The van der Waals surface area contributed by atoms with Crippen LogP contribution < -0.4 is 9.80 Å². The van der Waals surface area contributed by atoms with Crippen LogP contribution in [-0.4, -0.2) is 65.3 Å². The van der Waals surface area contributed by atoms with Gasteiger partial charge in [-0.3, -0.25) is 4.79 Å². The lowest BCUT2D eigenvalue weighted by molar-refractivity contribution is -0.129. The van der Waals surface area contributed by atoms with E-state index < -0.39 is 0 Å². The number of piperazine rings is 1. The molecule has 0 N–H and O–H groups in total. The van der Waals surface area contributed by atoms with E-state index in [1.54, 1.807) is 0 Å². The Morgan fingerprint density at radius 3 is 2.54 bits per heavy atom. The van der Waals surface area contributed by atoms with E-state index in [4.69, 9.17) is 28.2 Å². The predicted molar refractivity (Wildman–Crippen MR) is 145 cm³/mol. The molecule has 2 atom stereocenters. The fraction of sp³-hybridized carbons (Fsp3) is 0.577. The first kappa shape index (κ1) is 25.0. The van der Waals surface area contributed by atoms with Crippen LogP contribution in [0.4, 0.5) is 11.5 Å². The molecule has 35 heavy (non-hydrogen) atoms. The molecule has 1 aromatic carbocycles. The quantitative estimate of drug-likeness (QED) is 0.282. The maximum atomic E-state index is 13.2. The Labute approximate surface area is 222 Å². The second-order valence-electron chi connectivity index (χ2n) is 11.3. The molecule has 1 aromatic heterocycles. The summed E-state index contributed by atoms with van der Waals surface area (Å²) in [7, 11) is 0. The van der Waals surface area contributed by atoms with Gasteiger partial charge in [0.15, 0.2) is 5.16 Å². The summed E-state index contributed by atoms with van der Waals surface area (Å²) in [5, 5.41) is 1.72. The molecule has 1 aliphatic carbocycles. The first-order valence-corrected chi connectivity index (χ1v) is 14.1. The molecule has 2 aromatic rings. The molecule has 0 radical (unpaired) electrons. The van der Waals surface area contributed by atoms with Gasteiger partial charge in [-0.15, -0.1) is 0 Å². The minimum absolute atomic E-state index is 0.182. The van der Waals surface area contributed by atoms with Crippen molar-refractivity contribution in [3.63, 3.8) is 0 Å². The van der Waals surface area contributed by atoms with Gasteiger partial charge in [0.2, 0.25) is 5.91 Å². The van der Waals surface area contributed by atoms with E-state index in [2.05, 4.69) is 46.5 Å². The highest BCUT2D eigenvalue weighted by atomic mass is 35.5. The van der Waals surface area contributed by atoms with Gasteiger partial charge in [0.05, 0.1) is 5.75 Å². The van der Waals surface area contributed by atoms with Crippen molar-refractivity contribution in [2.45, 2.75) is 51.2 Å². The Morgan fingerprint density at radius 2 is 1.80 bits per heavy atom. The number of likely N-dealkylation sites (tertiary alicyclic amines) is 1. The third-order valence-electron chi connectivity index (χ3n) is 7.50. The van der Waals surface area contributed by atoms with Crippen molar-refractivity contribution in [2.75, 3.05) is 48.3 Å². The Bertz CT molecular complexity index is 1110. The number of benzene rings is 1. The normalized spacial score (nSPS) is 25.7. The molecule has 6 nitrogen and oxygen atoms in total. The topological polar surface area (TPSA) is 52.6 Å². The smallest absolute Gasteiger partial charge is 0.233 e. The van der Waals surface area contributed by atoms with E-state index >= 15 is 0 Å². The van der Waals surface area contributed by atoms with Crippen molar-refractivity contribution in [3.05, 3.63) is 40.5 Å². The number of rotatable bonds is 5. The second-order valence-corrected chi connectivity index (χ2v) is 13.1. The largest absolute Gasteiger partial charge is 0.368 e. The van der Waals surface area contributed by atoms with Crippen molar-refractivity contribution in [3.8, 4) is 0 Å². The van der Waals surface area contributed by atoms with Crippen LogP contribution in [0.5, 0.6) is 0 Å². The number of amides is 1. The van der Waals surface area contributed by atoms with E-state index in [1.807, 2.05) is 24.3 Å². The summed E-state index contributed by atoms with van der Waals surface area (Å²) >= 11 is 13.9. The van der Waals surface area contributed by atoms with E-state index in [-0.39, 0.29) is 11.3 Å². The number of aromatic nitrogens is 2. The molecule has 2 aliphatic heterocycles. The van der Waals surface area contributed by atoms with Crippen molar-refractivity contribution in [1.29, 1.82) is 0 Å². The molecule has 2 unspecified atom stereocenters. The van der Waals surface area contributed by atoms with E-state index in [1.165, 1.54) is 18.2 Å². The van der Waals surface area contributed by atoms with E-state index in [0.717, 1.165) is 62.1 Å². The monoisotopic (exact) mass is 533 g/mol. The Hall–Kier alpha value is -1.70. The van der Waals surface area contributed by atoms with Crippen molar-refractivity contribution >= 4 is 52.4 Å². The van der Waals surface area contributed by atoms with Gasteiger partial charge in [-0.2, -0.15) is 0 Å². The van der Waals surface area contributed by atoms with Gasteiger partial charge in [0, 0.05) is 55.5 Å². The van der Waals surface area contributed by atoms with Crippen molar-refractivity contribution in [2.24, 2.45) is 10.8 Å². The average Bonchev–Trinajstić information content (AvgIpc) is 3.06. The number of thioether (sulfide) groups is 1. The first-order chi connectivity index (χ1) is 16.6. The van der Waals surface area contributed by atoms with Gasteiger partial charge in [-0.05, 0) is 48.3 Å². The van der Waals surface area contributed by atoms with Crippen LogP contribution in [0.2, 0.25) is 10.2 Å². The zero-order valence-corrected chi connectivity index (χ0v) is 23.0. The Balaban J connectivity index is 1.20. The number of hydrogen-bond acceptors (Lipinski definition) is 6. The molecule has 188 valence electrons. The molecular formula is C26H33Cl2N5OS. The van der Waals surface area contributed by atoms with Crippen molar-refractivity contribution < 1.29 is 4.79 Å². The number of carbonyl (C=O) groups is 1. The van der Waals surface area contributed by atoms with Gasteiger partial charge in [0.1, 0.15) is 11.0 Å². The zero-order valence-electron chi connectivity index (χ0n) is 20.6. The molecule has 2 saturated heterocycles. The Kier molecular flexibility index (Phi) is 6.88. The summed E-state index contributed by atoms with van der Waals surface area (Å²) in [5.41, 5.74) is 1.66. The number of fused-ring (bicyclic) bond motifs is 2. The minimum Gasteiger partial charge on any atom is -0.368 e. The third-order valence-corrected chi connectivity index (χ3v) is 8.76. The van der Waals surface area contributed by atoms with Crippen LogP contribution in [-0.2, 0) is 4.79 Å². The number of nitrogens with zero attached hydrogens (tertiary/aromatic N) is 5. The summed E-state index contributed by atoms with van der Waals surface area (Å²) in [6, 6.07) is 10.1. The van der Waals surface area contributed by atoms with E-state index in [9.17, 15) is 4.79 Å². The molecule has 5 rings (SSSR count). The first-order valence-electron chi connectivity index (χ1n) is 12.3. The van der Waals surface area contributed by atoms with Gasteiger partial charge in [0.25, 0.3) is 0 Å². The summed E-state index contributed by atoms with van der Waals surface area (Å²) in [6.45, 7) is 11.2. The number of hydrogen-bond donors (Lipinski definition) is 0. The highest BCUT2D eigenvalue weighted by Crippen LogP contribution is 2.52. The maximum absolute atomic E-state index is 13.2. The van der Waals surface area contributed by atoms with Gasteiger partial charge in [-0.1, -0.05) is 61.8 Å². The number of halogens is 2. The zero-order chi connectivity index (χ0) is 24.8. The summed E-state index contributed by atoms with van der Waals surface area (Å²) < 4.78 is 0. The van der Waals surface area contributed by atoms with Crippen LogP contribution in [0, 0.1) is 10.8 Å². The second kappa shape index (κ2) is 9.64. The van der Waals surface area contributed by atoms with Gasteiger partial charge < -0.3 is 14.7 Å². The molecule has 9 heteroatoms. The summed E-state index contributed by atoms with van der Waals surface area (Å²) in [6.07, 6.45) is 3.38.